The molecule has 150 valence electrons. The van der Waals surface area contributed by atoms with Crippen molar-refractivity contribution in [2.75, 3.05) is 0 Å². The van der Waals surface area contributed by atoms with Gasteiger partial charge in [-0.1, -0.05) is 23.7 Å². The van der Waals surface area contributed by atoms with Crippen LogP contribution in [-0.2, 0) is 10.1 Å². The summed E-state index contributed by atoms with van der Waals surface area (Å²) in [4.78, 5) is 0. The van der Waals surface area contributed by atoms with E-state index in [2.05, 4.69) is 4.18 Å². The molecule has 0 saturated carbocycles. The highest BCUT2D eigenvalue weighted by Gasteiger charge is 2.48. The number of hydrogen-bond donors (Lipinski definition) is 0. The van der Waals surface area contributed by atoms with Gasteiger partial charge >= 0.3 is 15.6 Å². The fourth-order valence-electron chi connectivity index (χ4n) is 2.71. The van der Waals surface area contributed by atoms with Crippen molar-refractivity contribution < 1.29 is 34.9 Å². The first kappa shape index (κ1) is 20.5. The van der Waals surface area contributed by atoms with Crippen LogP contribution in [0.2, 0.25) is 5.02 Å². The first-order valence-electron chi connectivity index (χ1n) is 7.81. The molecular weight excluding hydrogens is 424 g/mol. The maximum Gasteiger partial charge on any atom is 0.534 e. The van der Waals surface area contributed by atoms with Crippen LogP contribution in [0.4, 0.5) is 17.6 Å². The van der Waals surface area contributed by atoms with Gasteiger partial charge < -0.3 is 8.92 Å². The van der Waals surface area contributed by atoms with Crippen LogP contribution < -0.4 is 8.92 Å². The molecule has 2 aromatic rings. The lowest BCUT2D eigenvalue weighted by atomic mass is 9.90. The molecule has 0 saturated heterocycles. The number of alkyl halides is 3. The van der Waals surface area contributed by atoms with E-state index in [1.165, 1.54) is 24.3 Å². The second kappa shape index (κ2) is 6.66. The largest absolute Gasteiger partial charge is 0.534 e. The van der Waals surface area contributed by atoms with E-state index >= 15 is 0 Å². The summed E-state index contributed by atoms with van der Waals surface area (Å²) in [7, 11) is -5.86. The molecule has 1 aliphatic heterocycles. The minimum absolute atomic E-state index is 0.0340. The Labute approximate surface area is 163 Å². The molecule has 0 spiro atoms. The molecule has 0 fully saturated rings. The Morgan fingerprint density at radius 1 is 1.11 bits per heavy atom. The Balaban J connectivity index is 2.12. The molecule has 1 heterocycles. The summed E-state index contributed by atoms with van der Waals surface area (Å²) < 4.78 is 83.4. The molecule has 0 atom stereocenters. The molecule has 0 aliphatic carbocycles. The Kier molecular flexibility index (Phi) is 4.87. The van der Waals surface area contributed by atoms with Gasteiger partial charge in [0.25, 0.3) is 0 Å². The van der Waals surface area contributed by atoms with Gasteiger partial charge in [-0.15, -0.1) is 0 Å². The second-order valence-corrected chi connectivity index (χ2v) is 8.48. The third-order valence-corrected chi connectivity index (χ3v) is 5.08. The van der Waals surface area contributed by atoms with Gasteiger partial charge in [0.2, 0.25) is 0 Å². The van der Waals surface area contributed by atoms with E-state index < -0.39 is 32.8 Å². The van der Waals surface area contributed by atoms with E-state index in [0.717, 1.165) is 12.1 Å². The number of hydrogen-bond acceptors (Lipinski definition) is 4. The quantitative estimate of drug-likeness (QED) is 0.372. The predicted octanol–water partition coefficient (Wildman–Crippen LogP) is 5.31. The molecule has 0 N–H and O–H groups in total. The maximum absolute atomic E-state index is 13.3. The van der Waals surface area contributed by atoms with E-state index in [4.69, 9.17) is 16.3 Å². The topological polar surface area (TPSA) is 52.6 Å². The fourth-order valence-corrected chi connectivity index (χ4v) is 3.46. The maximum atomic E-state index is 13.3. The Hall–Kier alpha value is -2.26. The van der Waals surface area contributed by atoms with Crippen LogP contribution in [0, 0.1) is 5.82 Å². The summed E-state index contributed by atoms with van der Waals surface area (Å²) >= 11 is 6.21. The average Bonchev–Trinajstić information content (AvgIpc) is 2.51. The Morgan fingerprint density at radius 2 is 1.71 bits per heavy atom. The molecule has 10 heteroatoms. The average molecular weight is 437 g/mol. The molecule has 0 unspecified atom stereocenters. The minimum atomic E-state index is -5.86. The van der Waals surface area contributed by atoms with Crippen molar-refractivity contribution in [1.82, 2.24) is 0 Å². The van der Waals surface area contributed by atoms with Crippen molar-refractivity contribution in [3.05, 3.63) is 64.4 Å². The summed E-state index contributed by atoms with van der Waals surface area (Å²) in [5, 5.41) is -0.0871. The lowest BCUT2D eigenvalue weighted by molar-refractivity contribution is -0.0500. The van der Waals surface area contributed by atoms with Crippen molar-refractivity contribution in [1.29, 1.82) is 0 Å². The van der Waals surface area contributed by atoms with Gasteiger partial charge in [0.15, 0.2) is 0 Å². The smallest absolute Gasteiger partial charge is 0.483 e. The molecular formula is C18H13ClF4O4S. The van der Waals surface area contributed by atoms with Crippen molar-refractivity contribution in [2.24, 2.45) is 0 Å². The van der Waals surface area contributed by atoms with Crippen LogP contribution in [0.25, 0.3) is 5.57 Å². The summed E-state index contributed by atoms with van der Waals surface area (Å²) in [5.74, 6) is -1.05. The van der Waals surface area contributed by atoms with E-state index in [-0.39, 0.29) is 10.8 Å². The molecule has 0 bridgehead atoms. The predicted molar refractivity (Wildman–Crippen MR) is 95.2 cm³/mol. The number of rotatable bonds is 3. The summed E-state index contributed by atoms with van der Waals surface area (Å²) in [6.07, 6.45) is 1.72. The normalized spacial score (nSPS) is 16.0. The monoisotopic (exact) mass is 436 g/mol. The molecule has 0 aromatic heterocycles. The van der Waals surface area contributed by atoms with Crippen LogP contribution >= 0.6 is 11.6 Å². The molecule has 0 amide bonds. The van der Waals surface area contributed by atoms with Gasteiger partial charge in [-0.3, -0.25) is 0 Å². The van der Waals surface area contributed by atoms with Crippen molar-refractivity contribution in [3.63, 3.8) is 0 Å². The lowest BCUT2D eigenvalue weighted by Crippen LogP contribution is -2.30. The van der Waals surface area contributed by atoms with Crippen LogP contribution in [0.5, 0.6) is 11.5 Å². The SMILES string of the molecule is CC1(C)C=C(c2ccc(F)cc2)c2c(Cl)cc(OS(=O)(=O)C(F)(F)F)cc2O1. The van der Waals surface area contributed by atoms with E-state index in [1.54, 1.807) is 19.9 Å². The highest BCUT2D eigenvalue weighted by atomic mass is 35.5. The van der Waals surface area contributed by atoms with Gasteiger partial charge in [-0.2, -0.15) is 21.6 Å². The Bertz CT molecular complexity index is 1060. The van der Waals surface area contributed by atoms with Gasteiger partial charge in [-0.25, -0.2) is 4.39 Å². The first-order chi connectivity index (χ1) is 12.8. The number of halogens is 5. The second-order valence-electron chi connectivity index (χ2n) is 6.53. The van der Waals surface area contributed by atoms with Gasteiger partial charge in [-0.05, 0) is 43.2 Å². The number of benzene rings is 2. The number of fused-ring (bicyclic) bond motifs is 1. The van der Waals surface area contributed by atoms with Gasteiger partial charge in [0.05, 0.1) is 5.02 Å². The van der Waals surface area contributed by atoms with Crippen molar-refractivity contribution in [3.8, 4) is 11.5 Å². The minimum Gasteiger partial charge on any atom is -0.483 e. The van der Waals surface area contributed by atoms with E-state index in [9.17, 15) is 26.0 Å². The zero-order valence-electron chi connectivity index (χ0n) is 14.5. The van der Waals surface area contributed by atoms with Crippen molar-refractivity contribution >= 4 is 27.3 Å². The highest BCUT2D eigenvalue weighted by molar-refractivity contribution is 7.88. The lowest BCUT2D eigenvalue weighted by Gasteiger charge is -2.32. The molecule has 1 aliphatic rings. The molecule has 0 radical (unpaired) electrons. The molecule has 28 heavy (non-hydrogen) atoms. The third-order valence-electron chi connectivity index (χ3n) is 3.81. The van der Waals surface area contributed by atoms with Crippen molar-refractivity contribution in [2.45, 2.75) is 25.0 Å². The molecule has 3 rings (SSSR count). The van der Waals surface area contributed by atoms with Crippen LogP contribution in [0.15, 0.2) is 42.5 Å². The van der Waals surface area contributed by atoms with E-state index in [1.807, 2.05) is 0 Å². The van der Waals surface area contributed by atoms with Crippen LogP contribution in [-0.4, -0.2) is 19.5 Å². The Morgan fingerprint density at radius 3 is 2.29 bits per heavy atom. The van der Waals surface area contributed by atoms with Crippen LogP contribution in [0.3, 0.4) is 0 Å². The van der Waals surface area contributed by atoms with E-state index in [0.29, 0.717) is 16.7 Å². The zero-order valence-corrected chi connectivity index (χ0v) is 16.0. The van der Waals surface area contributed by atoms with Gasteiger partial charge in [0.1, 0.15) is 22.9 Å². The van der Waals surface area contributed by atoms with Gasteiger partial charge in [0, 0.05) is 17.7 Å². The summed E-state index contributed by atoms with van der Waals surface area (Å²) in [5.41, 5.74) is -5.01. The highest BCUT2D eigenvalue weighted by Crippen LogP contribution is 2.45. The molecule has 2 aromatic carbocycles. The summed E-state index contributed by atoms with van der Waals surface area (Å²) in [6.45, 7) is 3.38. The first-order valence-corrected chi connectivity index (χ1v) is 9.60. The number of ether oxygens (including phenoxy) is 1. The van der Waals surface area contributed by atoms with Crippen LogP contribution in [0.1, 0.15) is 25.0 Å². The molecule has 4 nitrogen and oxygen atoms in total. The standard InChI is InChI=1S/C18H13ClF4O4S/c1-17(2)9-13(10-3-5-11(20)6-4-10)16-14(19)7-12(8-15(16)26-17)27-28(24,25)18(21,22)23/h3-9H,1-2H3. The third kappa shape index (κ3) is 3.95. The zero-order chi connectivity index (χ0) is 20.9. The fraction of sp³-hybridized carbons (Fsp3) is 0.222. The summed E-state index contributed by atoms with van der Waals surface area (Å²) in [6, 6.07) is 7.49.